The molecule has 2 heteroatoms. The normalized spacial score (nSPS) is 15.9. The van der Waals surface area contributed by atoms with Gasteiger partial charge in [-0.05, 0) is 37.0 Å². The molecule has 2 rings (SSSR count). The molecule has 1 N–H and O–H groups in total. The molecule has 1 aromatic rings. The van der Waals surface area contributed by atoms with Gasteiger partial charge in [0, 0.05) is 12.6 Å². The van der Waals surface area contributed by atoms with Crippen LogP contribution in [0.25, 0.3) is 0 Å². The molecule has 0 aromatic heterocycles. The number of nitrogens with one attached hydrogen (secondary N) is 1. The van der Waals surface area contributed by atoms with Crippen molar-refractivity contribution in [2.75, 3.05) is 6.61 Å². The van der Waals surface area contributed by atoms with E-state index < -0.39 is 0 Å². The summed E-state index contributed by atoms with van der Waals surface area (Å²) in [4.78, 5) is 0. The summed E-state index contributed by atoms with van der Waals surface area (Å²) in [6, 6.07) is 9.35. The molecule has 1 aromatic carbocycles. The molecule has 1 aliphatic rings. The topological polar surface area (TPSA) is 21.3 Å². The van der Waals surface area contributed by atoms with Crippen LogP contribution >= 0.6 is 0 Å². The van der Waals surface area contributed by atoms with Gasteiger partial charge in [-0.3, -0.25) is 0 Å². The average molecular weight is 303 g/mol. The zero-order valence-corrected chi connectivity index (χ0v) is 14.3. The summed E-state index contributed by atoms with van der Waals surface area (Å²) in [5.74, 6) is 1.01. The first-order chi connectivity index (χ1) is 10.9. The van der Waals surface area contributed by atoms with Crippen LogP contribution in [0.2, 0.25) is 0 Å². The number of unbranched alkanes of at least 4 members (excludes halogenated alkanes) is 4. The molecule has 124 valence electrons. The SMILES string of the molecule is CCCCCCCOc1ccc(CNC2CCCCC2)cc1. The van der Waals surface area contributed by atoms with Crippen molar-refractivity contribution in [2.45, 2.75) is 83.7 Å². The van der Waals surface area contributed by atoms with Crippen molar-refractivity contribution in [3.8, 4) is 5.75 Å². The maximum atomic E-state index is 5.82. The highest BCUT2D eigenvalue weighted by Crippen LogP contribution is 2.18. The van der Waals surface area contributed by atoms with E-state index in [1.165, 1.54) is 69.8 Å². The van der Waals surface area contributed by atoms with Crippen molar-refractivity contribution in [3.63, 3.8) is 0 Å². The van der Waals surface area contributed by atoms with Gasteiger partial charge in [-0.25, -0.2) is 0 Å². The number of benzene rings is 1. The van der Waals surface area contributed by atoms with E-state index in [4.69, 9.17) is 4.74 Å². The minimum absolute atomic E-state index is 0.729. The average Bonchev–Trinajstić information content (AvgIpc) is 2.58. The minimum Gasteiger partial charge on any atom is -0.494 e. The molecule has 0 unspecified atom stereocenters. The lowest BCUT2D eigenvalue weighted by molar-refractivity contribution is 0.304. The molecule has 1 aliphatic carbocycles. The summed E-state index contributed by atoms with van der Waals surface area (Å²) in [7, 11) is 0. The summed E-state index contributed by atoms with van der Waals surface area (Å²) in [5, 5.41) is 3.69. The number of hydrogen-bond acceptors (Lipinski definition) is 2. The van der Waals surface area contributed by atoms with Crippen LogP contribution in [-0.2, 0) is 6.54 Å². The maximum absolute atomic E-state index is 5.82. The largest absolute Gasteiger partial charge is 0.494 e. The van der Waals surface area contributed by atoms with E-state index in [1.807, 2.05) is 0 Å². The number of rotatable bonds is 10. The first-order valence-electron chi connectivity index (χ1n) is 9.33. The fourth-order valence-electron chi connectivity index (χ4n) is 3.17. The van der Waals surface area contributed by atoms with Gasteiger partial charge >= 0.3 is 0 Å². The Kier molecular flexibility index (Phi) is 8.40. The van der Waals surface area contributed by atoms with Gasteiger partial charge in [0.2, 0.25) is 0 Å². The Morgan fingerprint density at radius 3 is 2.41 bits per heavy atom. The lowest BCUT2D eigenvalue weighted by Gasteiger charge is -2.22. The van der Waals surface area contributed by atoms with Gasteiger partial charge in [0.25, 0.3) is 0 Å². The molecular formula is C20H33NO. The standard InChI is InChI=1S/C20H33NO/c1-2-3-4-5-9-16-22-20-14-12-18(13-15-20)17-21-19-10-7-6-8-11-19/h12-15,19,21H,2-11,16-17H2,1H3. The summed E-state index contributed by atoms with van der Waals surface area (Å²) in [5.41, 5.74) is 1.36. The summed E-state index contributed by atoms with van der Waals surface area (Å²) in [6.07, 6.45) is 13.3. The van der Waals surface area contributed by atoms with E-state index in [0.717, 1.165) is 24.9 Å². The second kappa shape index (κ2) is 10.7. The molecule has 0 aliphatic heterocycles. The quantitative estimate of drug-likeness (QED) is 0.580. The Morgan fingerprint density at radius 2 is 1.68 bits per heavy atom. The van der Waals surface area contributed by atoms with Gasteiger partial charge in [0.1, 0.15) is 5.75 Å². The smallest absolute Gasteiger partial charge is 0.119 e. The van der Waals surface area contributed by atoms with E-state index in [0.29, 0.717) is 0 Å². The molecule has 1 fully saturated rings. The second-order valence-electron chi connectivity index (χ2n) is 6.62. The zero-order chi connectivity index (χ0) is 15.5. The van der Waals surface area contributed by atoms with Crippen LogP contribution in [-0.4, -0.2) is 12.6 Å². The third-order valence-corrected chi connectivity index (χ3v) is 4.64. The van der Waals surface area contributed by atoms with E-state index in [-0.39, 0.29) is 0 Å². The van der Waals surface area contributed by atoms with Crippen LogP contribution in [0.5, 0.6) is 5.75 Å². The van der Waals surface area contributed by atoms with Crippen LogP contribution in [0.15, 0.2) is 24.3 Å². The van der Waals surface area contributed by atoms with Crippen molar-refractivity contribution >= 4 is 0 Å². The molecule has 0 bridgehead atoms. The molecule has 0 saturated heterocycles. The molecule has 0 atom stereocenters. The predicted molar refractivity (Wildman–Crippen MR) is 94.4 cm³/mol. The van der Waals surface area contributed by atoms with E-state index >= 15 is 0 Å². The highest BCUT2D eigenvalue weighted by molar-refractivity contribution is 5.27. The van der Waals surface area contributed by atoms with Crippen molar-refractivity contribution in [1.29, 1.82) is 0 Å². The summed E-state index contributed by atoms with van der Waals surface area (Å²) in [6.45, 7) is 4.09. The fourth-order valence-corrected chi connectivity index (χ4v) is 3.17. The molecule has 0 radical (unpaired) electrons. The van der Waals surface area contributed by atoms with Gasteiger partial charge in [-0.15, -0.1) is 0 Å². The molecule has 2 nitrogen and oxygen atoms in total. The highest BCUT2D eigenvalue weighted by atomic mass is 16.5. The first-order valence-corrected chi connectivity index (χ1v) is 9.33. The molecule has 0 amide bonds. The van der Waals surface area contributed by atoms with Crippen molar-refractivity contribution < 1.29 is 4.74 Å². The van der Waals surface area contributed by atoms with E-state index in [9.17, 15) is 0 Å². The van der Waals surface area contributed by atoms with Gasteiger partial charge in [0.05, 0.1) is 6.61 Å². The van der Waals surface area contributed by atoms with Gasteiger partial charge < -0.3 is 10.1 Å². The highest BCUT2D eigenvalue weighted by Gasteiger charge is 2.12. The zero-order valence-electron chi connectivity index (χ0n) is 14.3. The van der Waals surface area contributed by atoms with Gasteiger partial charge in [-0.2, -0.15) is 0 Å². The van der Waals surface area contributed by atoms with Gasteiger partial charge in [0.15, 0.2) is 0 Å². The lowest BCUT2D eigenvalue weighted by Crippen LogP contribution is -2.30. The predicted octanol–water partition coefficient (Wildman–Crippen LogP) is 5.46. The monoisotopic (exact) mass is 303 g/mol. The van der Waals surface area contributed by atoms with Crippen molar-refractivity contribution in [1.82, 2.24) is 5.32 Å². The Morgan fingerprint density at radius 1 is 0.955 bits per heavy atom. The van der Waals surface area contributed by atoms with Crippen LogP contribution in [0.4, 0.5) is 0 Å². The van der Waals surface area contributed by atoms with Crippen LogP contribution in [0.3, 0.4) is 0 Å². The van der Waals surface area contributed by atoms with E-state index in [1.54, 1.807) is 0 Å². The Hall–Kier alpha value is -1.02. The maximum Gasteiger partial charge on any atom is 0.119 e. The van der Waals surface area contributed by atoms with Crippen LogP contribution in [0.1, 0.15) is 76.7 Å². The molecule has 1 saturated carbocycles. The van der Waals surface area contributed by atoms with Crippen LogP contribution < -0.4 is 10.1 Å². The molecule has 0 heterocycles. The van der Waals surface area contributed by atoms with E-state index in [2.05, 4.69) is 36.5 Å². The number of hydrogen-bond donors (Lipinski definition) is 1. The lowest BCUT2D eigenvalue weighted by atomic mass is 9.95. The third kappa shape index (κ3) is 6.83. The Balaban J connectivity index is 1.60. The van der Waals surface area contributed by atoms with Gasteiger partial charge in [-0.1, -0.05) is 64.0 Å². The fraction of sp³-hybridized carbons (Fsp3) is 0.700. The number of ether oxygens (including phenoxy) is 1. The summed E-state index contributed by atoms with van der Waals surface area (Å²) >= 11 is 0. The third-order valence-electron chi connectivity index (χ3n) is 4.64. The Labute approximate surface area is 136 Å². The second-order valence-corrected chi connectivity index (χ2v) is 6.62. The molecule has 22 heavy (non-hydrogen) atoms. The van der Waals surface area contributed by atoms with Crippen molar-refractivity contribution in [2.24, 2.45) is 0 Å². The molecule has 0 spiro atoms. The molecular weight excluding hydrogens is 270 g/mol. The van der Waals surface area contributed by atoms with Crippen molar-refractivity contribution in [3.05, 3.63) is 29.8 Å². The minimum atomic E-state index is 0.729. The Bertz CT molecular complexity index is 381. The van der Waals surface area contributed by atoms with Crippen LogP contribution in [0, 0.1) is 0 Å². The summed E-state index contributed by atoms with van der Waals surface area (Å²) < 4.78 is 5.82. The first kappa shape index (κ1) is 17.3.